The number of rotatable bonds is 2. The maximum absolute atomic E-state index is 11.1. The highest BCUT2D eigenvalue weighted by molar-refractivity contribution is 5.83. The van der Waals surface area contributed by atoms with Gasteiger partial charge in [-0.3, -0.25) is 4.90 Å². The molecule has 0 saturated carbocycles. The van der Waals surface area contributed by atoms with E-state index in [0.29, 0.717) is 11.4 Å². The Balaban J connectivity index is 2.64. The predicted molar refractivity (Wildman–Crippen MR) is 99.5 cm³/mol. The van der Waals surface area contributed by atoms with Crippen LogP contribution in [-0.4, -0.2) is 33.3 Å². The number of aromatic hydroxyl groups is 1. The molecule has 6 heteroatoms. The van der Waals surface area contributed by atoms with Crippen LogP contribution in [0, 0.1) is 0 Å². The second-order valence-corrected chi connectivity index (χ2v) is 8.37. The average Bonchev–Trinajstić information content (AvgIpc) is 2.93. The molecule has 0 spiro atoms. The van der Waals surface area contributed by atoms with Crippen molar-refractivity contribution in [2.45, 2.75) is 52.4 Å². The van der Waals surface area contributed by atoms with Crippen LogP contribution in [0.4, 0.5) is 10.7 Å². The minimum absolute atomic E-state index is 0.239. The summed E-state index contributed by atoms with van der Waals surface area (Å²) in [6, 6.07) is 3.84. The number of carbonyl (C=O) groups is 1. The molecule has 1 heterocycles. The first-order valence-electron chi connectivity index (χ1n) is 8.23. The normalized spacial score (nSPS) is 12.3. The molecule has 0 fully saturated rings. The Hall–Kier alpha value is -2.50. The summed E-state index contributed by atoms with van der Waals surface area (Å²) in [5, 5.41) is 19.9. The fraction of sp³-hybridized carbons (Fsp3) is 0.474. The van der Waals surface area contributed by atoms with Crippen molar-refractivity contribution in [1.29, 1.82) is 0 Å². The molecule has 2 rings (SSSR count). The van der Waals surface area contributed by atoms with Crippen LogP contribution in [-0.2, 0) is 10.8 Å². The Kier molecular flexibility index (Phi) is 4.59. The summed E-state index contributed by atoms with van der Waals surface area (Å²) in [4.78, 5) is 19.4. The lowest BCUT2D eigenvalue weighted by molar-refractivity contribution is 0.203. The van der Waals surface area contributed by atoms with Crippen LogP contribution in [0.25, 0.3) is 11.3 Å². The van der Waals surface area contributed by atoms with Crippen LogP contribution >= 0.6 is 0 Å². The van der Waals surface area contributed by atoms with Gasteiger partial charge >= 0.3 is 6.09 Å². The van der Waals surface area contributed by atoms with Crippen LogP contribution in [0.3, 0.4) is 0 Å². The molecule has 1 amide bonds. The average molecular weight is 345 g/mol. The highest BCUT2D eigenvalue weighted by Gasteiger charge is 2.27. The van der Waals surface area contributed by atoms with Crippen LogP contribution < -0.4 is 4.90 Å². The number of phenols is 1. The van der Waals surface area contributed by atoms with Crippen LogP contribution in [0.2, 0.25) is 0 Å². The molecule has 0 bridgehead atoms. The predicted octanol–water partition coefficient (Wildman–Crippen LogP) is 4.49. The molecule has 0 unspecified atom stereocenters. The van der Waals surface area contributed by atoms with Gasteiger partial charge in [-0.05, 0) is 23.0 Å². The molecule has 2 aromatic rings. The maximum atomic E-state index is 11.1. The summed E-state index contributed by atoms with van der Waals surface area (Å²) >= 11 is 0. The molecule has 1 aromatic carbocycles. The summed E-state index contributed by atoms with van der Waals surface area (Å²) < 4.78 is 0. The number of hydrogen-bond acceptors (Lipinski definition) is 3. The third-order valence-corrected chi connectivity index (χ3v) is 4.19. The highest BCUT2D eigenvalue weighted by atomic mass is 16.4. The number of carboxylic acid groups (broad SMARTS) is 1. The summed E-state index contributed by atoms with van der Waals surface area (Å²) in [5.41, 5.74) is 2.68. The molecular formula is C19H27N3O3. The topological polar surface area (TPSA) is 89.5 Å². The standard InChI is InChI=1S/C19H27N3O3/c1-18(2,3)12-8-11(9-13(15(12)23)19(4,5)6)14-10-20-16(21-14)22(7)17(24)25/h8-10,23H,1-7H3,(H,20,21)(H,24,25). The molecular weight excluding hydrogens is 318 g/mol. The Morgan fingerprint density at radius 2 is 1.56 bits per heavy atom. The monoisotopic (exact) mass is 345 g/mol. The first kappa shape index (κ1) is 18.8. The number of nitrogens with zero attached hydrogens (tertiary/aromatic N) is 2. The highest BCUT2D eigenvalue weighted by Crippen LogP contribution is 2.41. The van der Waals surface area contributed by atoms with Crippen molar-refractivity contribution >= 4 is 12.0 Å². The van der Waals surface area contributed by atoms with Crippen molar-refractivity contribution in [3.8, 4) is 17.0 Å². The molecule has 136 valence electrons. The number of H-pyrrole nitrogens is 1. The zero-order valence-corrected chi connectivity index (χ0v) is 15.9. The molecule has 0 saturated heterocycles. The molecule has 0 atom stereocenters. The first-order valence-corrected chi connectivity index (χ1v) is 8.23. The lowest BCUT2D eigenvalue weighted by Crippen LogP contribution is -2.24. The third kappa shape index (κ3) is 3.78. The molecule has 25 heavy (non-hydrogen) atoms. The summed E-state index contributed by atoms with van der Waals surface area (Å²) in [6.07, 6.45) is 0.595. The van der Waals surface area contributed by atoms with Gasteiger partial charge in [-0.2, -0.15) is 0 Å². The van der Waals surface area contributed by atoms with Crippen LogP contribution in [0.1, 0.15) is 52.7 Å². The lowest BCUT2D eigenvalue weighted by Gasteiger charge is -2.28. The molecule has 0 aliphatic carbocycles. The van der Waals surface area contributed by atoms with Gasteiger partial charge in [-0.25, -0.2) is 9.78 Å². The Labute approximate surface area is 148 Å². The minimum atomic E-state index is -1.09. The van der Waals surface area contributed by atoms with Gasteiger partial charge in [-0.1, -0.05) is 41.5 Å². The number of hydrogen-bond donors (Lipinski definition) is 3. The molecule has 0 aliphatic heterocycles. The lowest BCUT2D eigenvalue weighted by atomic mass is 9.78. The van der Waals surface area contributed by atoms with Gasteiger partial charge in [0.25, 0.3) is 0 Å². The van der Waals surface area contributed by atoms with Crippen molar-refractivity contribution in [3.05, 3.63) is 29.5 Å². The maximum Gasteiger partial charge on any atom is 0.413 e. The largest absolute Gasteiger partial charge is 0.507 e. The molecule has 1 aromatic heterocycles. The van der Waals surface area contributed by atoms with Crippen molar-refractivity contribution in [2.75, 3.05) is 11.9 Å². The van der Waals surface area contributed by atoms with E-state index in [1.807, 2.05) is 53.7 Å². The smallest absolute Gasteiger partial charge is 0.413 e. The number of benzene rings is 1. The second kappa shape index (κ2) is 6.10. The third-order valence-electron chi connectivity index (χ3n) is 4.19. The van der Waals surface area contributed by atoms with Crippen molar-refractivity contribution in [1.82, 2.24) is 9.97 Å². The molecule has 3 N–H and O–H groups in total. The number of nitrogens with one attached hydrogen (secondary N) is 1. The quantitative estimate of drug-likeness (QED) is 0.748. The Morgan fingerprint density at radius 1 is 1.08 bits per heavy atom. The van der Waals surface area contributed by atoms with Gasteiger partial charge in [0.05, 0.1) is 5.69 Å². The van der Waals surface area contributed by atoms with E-state index in [1.165, 1.54) is 7.05 Å². The van der Waals surface area contributed by atoms with Crippen LogP contribution in [0.5, 0.6) is 5.75 Å². The Morgan fingerprint density at radius 3 is 1.96 bits per heavy atom. The zero-order valence-electron chi connectivity index (χ0n) is 15.9. The number of aromatic nitrogens is 2. The number of anilines is 1. The van der Waals surface area contributed by atoms with E-state index in [-0.39, 0.29) is 16.8 Å². The number of amides is 1. The first-order chi connectivity index (χ1) is 11.3. The molecule has 0 aliphatic rings. The Bertz CT molecular complexity index is 760. The van der Waals surface area contributed by atoms with E-state index in [4.69, 9.17) is 5.11 Å². The van der Waals surface area contributed by atoms with E-state index in [2.05, 4.69) is 9.97 Å². The van der Waals surface area contributed by atoms with Crippen molar-refractivity contribution < 1.29 is 15.0 Å². The summed E-state index contributed by atoms with van der Waals surface area (Å²) in [7, 11) is 1.43. The summed E-state index contributed by atoms with van der Waals surface area (Å²) in [6.45, 7) is 12.3. The number of aromatic amines is 1. The van der Waals surface area contributed by atoms with Crippen molar-refractivity contribution in [3.63, 3.8) is 0 Å². The molecule has 6 nitrogen and oxygen atoms in total. The fourth-order valence-corrected chi connectivity index (χ4v) is 2.65. The number of imidazole rings is 1. The van der Waals surface area contributed by atoms with E-state index < -0.39 is 6.09 Å². The van der Waals surface area contributed by atoms with Gasteiger partial charge in [0.1, 0.15) is 5.75 Å². The molecule has 0 radical (unpaired) electrons. The van der Waals surface area contributed by atoms with E-state index in [9.17, 15) is 9.90 Å². The SMILES string of the molecule is CN(C(=O)O)c1nc(-c2cc(C(C)(C)C)c(O)c(C(C)(C)C)c2)c[nH]1. The second-order valence-electron chi connectivity index (χ2n) is 8.37. The van der Waals surface area contributed by atoms with E-state index in [0.717, 1.165) is 21.6 Å². The van der Waals surface area contributed by atoms with Crippen LogP contribution in [0.15, 0.2) is 18.3 Å². The zero-order chi connectivity index (χ0) is 19.2. The van der Waals surface area contributed by atoms with Gasteiger partial charge in [0, 0.05) is 29.9 Å². The number of phenolic OH excluding ortho intramolecular Hbond substituents is 1. The van der Waals surface area contributed by atoms with Crippen molar-refractivity contribution in [2.24, 2.45) is 0 Å². The van der Waals surface area contributed by atoms with Gasteiger partial charge in [-0.15, -0.1) is 0 Å². The van der Waals surface area contributed by atoms with Gasteiger partial charge < -0.3 is 15.2 Å². The van der Waals surface area contributed by atoms with E-state index in [1.54, 1.807) is 6.20 Å². The van der Waals surface area contributed by atoms with Gasteiger partial charge in [0.2, 0.25) is 5.95 Å². The fourth-order valence-electron chi connectivity index (χ4n) is 2.65. The van der Waals surface area contributed by atoms with Gasteiger partial charge in [0.15, 0.2) is 0 Å². The minimum Gasteiger partial charge on any atom is -0.507 e. The summed E-state index contributed by atoms with van der Waals surface area (Å²) in [5.74, 6) is 0.562. The van der Waals surface area contributed by atoms with E-state index >= 15 is 0 Å².